The van der Waals surface area contributed by atoms with Crippen molar-refractivity contribution < 1.29 is 19.0 Å². The minimum absolute atomic E-state index is 0.140. The molecule has 2 aromatic carbocycles. The van der Waals surface area contributed by atoms with E-state index in [0.717, 1.165) is 12.0 Å². The van der Waals surface area contributed by atoms with Gasteiger partial charge in [0.2, 0.25) is 0 Å². The second-order valence-corrected chi connectivity index (χ2v) is 8.76. The molecule has 0 radical (unpaired) electrons. The molecule has 0 spiro atoms. The summed E-state index contributed by atoms with van der Waals surface area (Å²) in [5.74, 6) is 1.55. The molecule has 0 saturated heterocycles. The molecule has 1 saturated carbocycles. The maximum atomic E-state index is 12.8. The zero-order valence-corrected chi connectivity index (χ0v) is 17.7. The highest BCUT2D eigenvalue weighted by Gasteiger charge is 2.52. The van der Waals surface area contributed by atoms with Crippen molar-refractivity contribution in [3.05, 3.63) is 48.0 Å². The maximum absolute atomic E-state index is 12.8. The molecule has 0 aromatic heterocycles. The number of rotatable bonds is 7. The molecule has 1 N–H and O–H groups in total. The summed E-state index contributed by atoms with van der Waals surface area (Å²) in [5.41, 5.74) is 0.451. The van der Waals surface area contributed by atoms with Crippen LogP contribution in [0.4, 0.5) is 5.69 Å². The van der Waals surface area contributed by atoms with E-state index in [-0.39, 0.29) is 11.8 Å². The predicted octanol–water partition coefficient (Wildman–Crippen LogP) is 5.16. The third-order valence-corrected chi connectivity index (χ3v) is 5.52. The molecule has 1 aliphatic rings. The SMILES string of the molecule is COc1ccc(OC)c(NC(=O)C(C)(C)Oc2ccc([C@@H]3CC3(Cl)Cl)cc2)c1. The third kappa shape index (κ3) is 4.47. The molecular weight excluding hydrogens is 401 g/mol. The summed E-state index contributed by atoms with van der Waals surface area (Å²) in [6.07, 6.45) is 0.743. The number of ether oxygens (including phenoxy) is 3. The van der Waals surface area contributed by atoms with Crippen LogP contribution < -0.4 is 19.5 Å². The number of hydrogen-bond donors (Lipinski definition) is 1. The monoisotopic (exact) mass is 423 g/mol. The molecular formula is C21H23Cl2NO4. The Balaban J connectivity index is 1.69. The van der Waals surface area contributed by atoms with Crippen LogP contribution in [0.2, 0.25) is 0 Å². The summed E-state index contributed by atoms with van der Waals surface area (Å²) in [7, 11) is 3.10. The van der Waals surface area contributed by atoms with Gasteiger partial charge in [0.25, 0.3) is 5.91 Å². The van der Waals surface area contributed by atoms with E-state index in [1.165, 1.54) is 7.11 Å². The van der Waals surface area contributed by atoms with E-state index in [2.05, 4.69) is 5.32 Å². The van der Waals surface area contributed by atoms with E-state index in [1.54, 1.807) is 39.2 Å². The van der Waals surface area contributed by atoms with Gasteiger partial charge in [-0.2, -0.15) is 0 Å². The standard InChI is InChI=1S/C21H23Cl2NO4/c1-20(2,19(25)24-17-11-15(26-3)9-10-18(17)27-4)28-14-7-5-13(6-8-14)16-12-21(16,22)23/h5-11,16H,12H2,1-4H3,(H,24,25)/t16-/m0/s1. The molecule has 0 heterocycles. The maximum Gasteiger partial charge on any atom is 0.268 e. The van der Waals surface area contributed by atoms with Gasteiger partial charge in [-0.05, 0) is 50.1 Å². The molecule has 1 amide bonds. The molecule has 5 nitrogen and oxygen atoms in total. The minimum Gasteiger partial charge on any atom is -0.497 e. The predicted molar refractivity (Wildman–Crippen MR) is 111 cm³/mol. The molecule has 7 heteroatoms. The first-order valence-electron chi connectivity index (χ1n) is 8.86. The molecule has 3 rings (SSSR count). The number of amides is 1. The van der Waals surface area contributed by atoms with Crippen LogP contribution in [0.1, 0.15) is 31.7 Å². The average Bonchev–Trinajstić information content (AvgIpc) is 3.30. The Kier molecular flexibility index (Phi) is 5.69. The molecule has 0 bridgehead atoms. The van der Waals surface area contributed by atoms with Crippen molar-refractivity contribution in [2.45, 2.75) is 36.1 Å². The molecule has 0 unspecified atom stereocenters. The van der Waals surface area contributed by atoms with E-state index in [4.69, 9.17) is 37.4 Å². The summed E-state index contributed by atoms with van der Waals surface area (Å²) in [6.45, 7) is 3.40. The van der Waals surface area contributed by atoms with E-state index in [0.29, 0.717) is 22.9 Å². The fourth-order valence-corrected chi connectivity index (χ4v) is 3.43. The lowest BCUT2D eigenvalue weighted by molar-refractivity contribution is -0.128. The lowest BCUT2D eigenvalue weighted by Crippen LogP contribution is -2.42. The van der Waals surface area contributed by atoms with Crippen molar-refractivity contribution in [1.29, 1.82) is 0 Å². The fraction of sp³-hybridized carbons (Fsp3) is 0.381. The number of nitrogens with one attached hydrogen (secondary N) is 1. The molecule has 1 atom stereocenters. The molecule has 2 aromatic rings. The van der Waals surface area contributed by atoms with Crippen LogP contribution >= 0.6 is 23.2 Å². The third-order valence-electron chi connectivity index (χ3n) is 4.68. The smallest absolute Gasteiger partial charge is 0.268 e. The van der Waals surface area contributed by atoms with Crippen molar-refractivity contribution >= 4 is 34.8 Å². The zero-order chi connectivity index (χ0) is 20.5. The van der Waals surface area contributed by atoms with E-state index < -0.39 is 9.93 Å². The summed E-state index contributed by atoms with van der Waals surface area (Å²) in [6, 6.07) is 12.7. The summed E-state index contributed by atoms with van der Waals surface area (Å²) >= 11 is 12.2. The lowest BCUT2D eigenvalue weighted by Gasteiger charge is -2.26. The topological polar surface area (TPSA) is 56.8 Å². The van der Waals surface area contributed by atoms with Crippen LogP contribution in [0.3, 0.4) is 0 Å². The van der Waals surface area contributed by atoms with Crippen molar-refractivity contribution in [1.82, 2.24) is 0 Å². The molecule has 28 heavy (non-hydrogen) atoms. The van der Waals surface area contributed by atoms with Crippen LogP contribution in [0.5, 0.6) is 17.2 Å². The van der Waals surface area contributed by atoms with Gasteiger partial charge in [0.15, 0.2) is 5.60 Å². The second-order valence-electron chi connectivity index (χ2n) is 7.22. The Morgan fingerprint density at radius 2 is 1.68 bits per heavy atom. The van der Waals surface area contributed by atoms with Crippen LogP contribution in [0, 0.1) is 0 Å². The van der Waals surface area contributed by atoms with Gasteiger partial charge >= 0.3 is 0 Å². The number of anilines is 1. The molecule has 150 valence electrons. The Bertz CT molecular complexity index is 865. The number of halogens is 2. The van der Waals surface area contributed by atoms with Crippen molar-refractivity contribution in [3.63, 3.8) is 0 Å². The Labute approximate surface area is 174 Å². The summed E-state index contributed by atoms with van der Waals surface area (Å²) < 4.78 is 15.8. The van der Waals surface area contributed by atoms with Crippen molar-refractivity contribution in [2.75, 3.05) is 19.5 Å². The Hall–Kier alpha value is -2.11. The average molecular weight is 424 g/mol. The van der Waals surface area contributed by atoms with Gasteiger partial charge in [-0.25, -0.2) is 0 Å². The Morgan fingerprint density at radius 3 is 2.21 bits per heavy atom. The second kappa shape index (κ2) is 7.72. The van der Waals surface area contributed by atoms with Gasteiger partial charge in [-0.1, -0.05) is 12.1 Å². The number of carbonyl (C=O) groups is 1. The summed E-state index contributed by atoms with van der Waals surface area (Å²) in [4.78, 5) is 12.8. The van der Waals surface area contributed by atoms with E-state index in [9.17, 15) is 4.79 Å². The van der Waals surface area contributed by atoms with Crippen LogP contribution in [0.15, 0.2) is 42.5 Å². The van der Waals surface area contributed by atoms with Crippen molar-refractivity contribution in [3.8, 4) is 17.2 Å². The lowest BCUT2D eigenvalue weighted by atomic mass is 10.1. The number of alkyl halides is 2. The molecule has 0 aliphatic heterocycles. The van der Waals surface area contributed by atoms with Gasteiger partial charge in [0.1, 0.15) is 21.6 Å². The highest BCUT2D eigenvalue weighted by atomic mass is 35.5. The molecule has 1 fully saturated rings. The van der Waals surface area contributed by atoms with Crippen LogP contribution in [-0.2, 0) is 4.79 Å². The molecule has 1 aliphatic carbocycles. The van der Waals surface area contributed by atoms with Gasteiger partial charge in [0.05, 0.1) is 19.9 Å². The first kappa shape index (κ1) is 20.6. The number of carbonyl (C=O) groups excluding carboxylic acids is 1. The van der Waals surface area contributed by atoms with E-state index in [1.807, 2.05) is 24.3 Å². The number of hydrogen-bond acceptors (Lipinski definition) is 4. The van der Waals surface area contributed by atoms with E-state index >= 15 is 0 Å². The minimum atomic E-state index is -1.11. The normalized spacial score (nSPS) is 17.6. The van der Waals surface area contributed by atoms with Gasteiger partial charge in [-0.3, -0.25) is 4.79 Å². The number of benzene rings is 2. The largest absolute Gasteiger partial charge is 0.497 e. The first-order valence-corrected chi connectivity index (χ1v) is 9.62. The van der Waals surface area contributed by atoms with Crippen LogP contribution in [0.25, 0.3) is 0 Å². The highest BCUT2D eigenvalue weighted by molar-refractivity contribution is 6.51. The number of methoxy groups -OCH3 is 2. The van der Waals surface area contributed by atoms with Crippen LogP contribution in [-0.4, -0.2) is 30.1 Å². The summed E-state index contributed by atoms with van der Waals surface area (Å²) in [5, 5.41) is 2.84. The van der Waals surface area contributed by atoms with Gasteiger partial charge < -0.3 is 19.5 Å². The quantitative estimate of drug-likeness (QED) is 0.624. The first-order chi connectivity index (χ1) is 13.2. The highest BCUT2D eigenvalue weighted by Crippen LogP contribution is 2.59. The van der Waals surface area contributed by atoms with Gasteiger partial charge in [0, 0.05) is 12.0 Å². The van der Waals surface area contributed by atoms with Gasteiger partial charge in [-0.15, -0.1) is 23.2 Å². The van der Waals surface area contributed by atoms with Crippen molar-refractivity contribution in [2.24, 2.45) is 0 Å². The fourth-order valence-electron chi connectivity index (χ4n) is 2.87. The Morgan fingerprint density at radius 1 is 1.07 bits per heavy atom. The zero-order valence-electron chi connectivity index (χ0n) is 16.2.